The Morgan fingerprint density at radius 3 is 0.862 bits per heavy atom. The Labute approximate surface area is 615 Å². The van der Waals surface area contributed by atoms with E-state index in [9.17, 15) is 0 Å². The van der Waals surface area contributed by atoms with Gasteiger partial charge in [0.1, 0.15) is 0 Å². The molecular weight excluding hydrogens is 1860 g/mol. The fourth-order valence-corrected chi connectivity index (χ4v) is 10.4. The molecule has 0 spiro atoms. The molecule has 0 unspecified atom stereocenters. The van der Waals surface area contributed by atoms with E-state index in [4.69, 9.17) is 0 Å². The number of aryl methyl sites for hydroxylation is 2. The number of nitrogens with zero attached hydrogens (tertiary/aromatic N) is 4. The molecule has 0 fully saturated rings. The zero-order chi connectivity index (χ0) is 64.1. The molecule has 0 atom stereocenters. The maximum Gasteiger partial charge on any atom is 0.0190 e. The van der Waals surface area contributed by atoms with Gasteiger partial charge in [0.05, 0.1) is 0 Å². The van der Waals surface area contributed by atoms with Gasteiger partial charge in [-0.3, -0.25) is 0 Å². The van der Waals surface area contributed by atoms with Gasteiger partial charge in [-0.1, -0.05) is 273 Å². The molecule has 94 heavy (non-hydrogen) atoms. The van der Waals surface area contributed by atoms with Crippen LogP contribution in [0.15, 0.2) is 255 Å². The smallest absolute Gasteiger partial charge is 0.0190 e. The minimum atomic E-state index is 0. The molecule has 0 saturated carbocycles. The van der Waals surface area contributed by atoms with Crippen LogP contribution in [0.4, 0.5) is 0 Å². The van der Waals surface area contributed by atoms with E-state index in [0.29, 0.717) is 0 Å². The number of hydrogen-bond donors (Lipinski definition) is 0. The molecule has 8 aromatic carbocycles. The maximum absolute atomic E-state index is 4.48. The van der Waals surface area contributed by atoms with Gasteiger partial charge >= 0.3 is 0 Å². The number of hydrogen-bond acceptors (Lipinski definition) is 4. The fourth-order valence-electron chi connectivity index (χ4n) is 10.4. The van der Waals surface area contributed by atoms with E-state index in [0.717, 1.165) is 45.0 Å². The second kappa shape index (κ2) is 35.1. The van der Waals surface area contributed by atoms with Crippen LogP contribution in [0, 0.1) is 38.1 Å². The van der Waals surface area contributed by atoms with Gasteiger partial charge in [-0.15, -0.1) is 119 Å². The van der Waals surface area contributed by atoms with Gasteiger partial charge in [0.15, 0.2) is 0 Å². The van der Waals surface area contributed by atoms with Crippen molar-refractivity contribution < 1.29 is 80.4 Å². The van der Waals surface area contributed by atoms with Gasteiger partial charge in [-0.25, -0.2) is 0 Å². The molecule has 12 rings (SSSR count). The monoisotopic (exact) mass is 1940 g/mol. The van der Waals surface area contributed by atoms with Gasteiger partial charge in [-0.05, 0) is 104 Å². The van der Waals surface area contributed by atoms with Crippen molar-refractivity contribution in [1.29, 1.82) is 0 Å². The molecule has 4 heterocycles. The van der Waals surface area contributed by atoms with E-state index in [-0.39, 0.29) is 102 Å². The van der Waals surface area contributed by atoms with Crippen molar-refractivity contribution in [1.82, 2.24) is 19.9 Å². The third-order valence-corrected chi connectivity index (χ3v) is 15.7. The molecule has 0 aliphatic heterocycles. The summed E-state index contributed by atoms with van der Waals surface area (Å²) in [6, 6.07) is 93.5. The van der Waals surface area contributed by atoms with Crippen LogP contribution in [0.5, 0.6) is 0 Å². The first kappa shape index (κ1) is 77.7. The van der Waals surface area contributed by atoms with E-state index in [2.05, 4.69) is 303 Å². The van der Waals surface area contributed by atoms with Crippen LogP contribution in [-0.2, 0) is 102 Å². The average molecular weight is 1940 g/mol. The molecular formula is C86H84Ir4N4-4. The second-order valence-electron chi connectivity index (χ2n) is 27.1. The SMILES string of the molecule is CC(C)(C)c1cccc(-c2c[c-]c(-c3ccccn3)cc2)c1.CC(C)(C)c1ccccc1-c1c[c-]c(-c2ccccn2)cc1.Cc1ccc(-c2[c-]cc(-c3cccc(C(C)(C)C)c3)cc2)nc1.Cc1ccc(-c2[c-]cc(-c3ccccc3C(C)(C)C)cc2)nc1.[Ir].[Ir].[Ir].[Ir]. The predicted octanol–water partition coefficient (Wildman–Crippen LogP) is 22.7. The van der Waals surface area contributed by atoms with E-state index in [1.165, 1.54) is 77.9 Å². The summed E-state index contributed by atoms with van der Waals surface area (Å²) in [5.41, 5.74) is 26.0. The molecule has 4 radical (unpaired) electrons. The Bertz CT molecular complexity index is 4220. The minimum absolute atomic E-state index is 0. The molecule has 12 aromatic rings. The fraction of sp³-hybridized carbons (Fsp3) is 0.209. The minimum Gasteiger partial charge on any atom is -0.305 e. The van der Waals surface area contributed by atoms with Gasteiger partial charge in [0, 0.05) is 105 Å². The first-order valence-electron chi connectivity index (χ1n) is 31.2. The van der Waals surface area contributed by atoms with Crippen molar-refractivity contribution >= 4 is 0 Å². The summed E-state index contributed by atoms with van der Waals surface area (Å²) in [5, 5.41) is 0. The number of benzene rings is 8. The molecule has 0 bridgehead atoms. The summed E-state index contributed by atoms with van der Waals surface area (Å²) >= 11 is 0. The molecule has 0 saturated heterocycles. The summed E-state index contributed by atoms with van der Waals surface area (Å²) < 4.78 is 0. The summed E-state index contributed by atoms with van der Waals surface area (Å²) in [6.07, 6.45) is 7.41. The standard InChI is InChI=1S/2C22H22N.2C21H20N.4Ir/c1-16-8-13-21(23-15-16)18-11-9-17(10-12-18)19-6-5-7-20(14-19)22(2,3)4;1-16-9-14-21(23-15-16)18-12-10-17(11-13-18)19-7-5-6-8-20(19)22(2,3)4;1-21(2,3)19-8-6-7-18(15-19)16-10-12-17(13-11-16)20-9-4-5-14-22-20;1-21(2,3)19-9-5-4-8-18(19)16-11-13-17(14-12-16)20-10-6-7-15-22-20;;;;/h5-11,13-15H,1-4H3;5-12,14-15H,1-4H3;4-12,14-15H,1-3H3;4-13,15H,1-3H3;;;;/q4*-1;;;;. The molecule has 488 valence electrons. The summed E-state index contributed by atoms with van der Waals surface area (Å²) in [6.45, 7) is 31.0. The summed E-state index contributed by atoms with van der Waals surface area (Å²) in [7, 11) is 0. The Hall–Kier alpha value is -7.04. The van der Waals surface area contributed by atoms with Crippen molar-refractivity contribution in [3.05, 3.63) is 313 Å². The number of rotatable bonds is 8. The van der Waals surface area contributed by atoms with Crippen LogP contribution in [-0.4, -0.2) is 19.9 Å². The van der Waals surface area contributed by atoms with E-state index in [1.807, 2.05) is 93.2 Å². The van der Waals surface area contributed by atoms with Crippen molar-refractivity contribution in [3.8, 4) is 89.5 Å². The zero-order valence-corrected chi connectivity index (χ0v) is 66.0. The predicted molar refractivity (Wildman–Crippen MR) is 380 cm³/mol. The Morgan fingerprint density at radius 1 is 0.266 bits per heavy atom. The molecule has 0 amide bonds. The molecule has 8 heteroatoms. The summed E-state index contributed by atoms with van der Waals surface area (Å²) in [5.74, 6) is 0. The molecule has 0 aliphatic carbocycles. The Morgan fingerprint density at radius 2 is 0.585 bits per heavy atom. The quantitative estimate of drug-likeness (QED) is 0.142. The van der Waals surface area contributed by atoms with Gasteiger partial charge in [-0.2, -0.15) is 0 Å². The topological polar surface area (TPSA) is 51.6 Å². The van der Waals surface area contributed by atoms with Gasteiger partial charge < -0.3 is 19.9 Å². The van der Waals surface area contributed by atoms with Crippen molar-refractivity contribution in [3.63, 3.8) is 0 Å². The van der Waals surface area contributed by atoms with Crippen LogP contribution in [0.3, 0.4) is 0 Å². The third-order valence-electron chi connectivity index (χ3n) is 15.7. The molecule has 4 aromatic heterocycles. The number of pyridine rings is 4. The van der Waals surface area contributed by atoms with E-state index >= 15 is 0 Å². The third kappa shape index (κ3) is 21.5. The zero-order valence-electron chi connectivity index (χ0n) is 56.4. The Balaban J connectivity index is 0.000000224. The van der Waals surface area contributed by atoms with Crippen LogP contribution in [0.1, 0.15) is 116 Å². The maximum atomic E-state index is 4.48. The average Bonchev–Trinajstić information content (AvgIpc) is 0.847. The number of aromatic nitrogens is 4. The first-order chi connectivity index (χ1) is 43.0. The van der Waals surface area contributed by atoms with Crippen molar-refractivity contribution in [2.75, 3.05) is 0 Å². The van der Waals surface area contributed by atoms with Crippen LogP contribution < -0.4 is 0 Å². The summed E-state index contributed by atoms with van der Waals surface area (Å²) in [4.78, 5) is 17.7. The normalized spacial score (nSPS) is 11.0. The van der Waals surface area contributed by atoms with Crippen LogP contribution in [0.25, 0.3) is 89.5 Å². The first-order valence-corrected chi connectivity index (χ1v) is 31.2. The molecule has 0 aliphatic rings. The molecule has 0 N–H and O–H groups in total. The van der Waals surface area contributed by atoms with E-state index in [1.54, 1.807) is 0 Å². The van der Waals surface area contributed by atoms with Crippen molar-refractivity contribution in [2.24, 2.45) is 0 Å². The van der Waals surface area contributed by atoms with Gasteiger partial charge in [0.2, 0.25) is 0 Å². The van der Waals surface area contributed by atoms with Gasteiger partial charge in [0.25, 0.3) is 0 Å². The van der Waals surface area contributed by atoms with Crippen molar-refractivity contribution in [2.45, 2.75) is 119 Å². The van der Waals surface area contributed by atoms with Crippen LogP contribution in [0.2, 0.25) is 0 Å². The largest absolute Gasteiger partial charge is 0.305 e. The van der Waals surface area contributed by atoms with Crippen LogP contribution >= 0.6 is 0 Å². The van der Waals surface area contributed by atoms with E-state index < -0.39 is 0 Å². The molecule has 4 nitrogen and oxygen atoms in total. The Kier molecular flexibility index (Phi) is 29.0. The second-order valence-corrected chi connectivity index (χ2v) is 27.1.